The highest BCUT2D eigenvalue weighted by molar-refractivity contribution is 5.67. The van der Waals surface area contributed by atoms with Crippen LogP contribution in [0.15, 0.2) is 52.9 Å². The van der Waals surface area contributed by atoms with Gasteiger partial charge in [0.15, 0.2) is 0 Å². The fourth-order valence-electron chi connectivity index (χ4n) is 3.95. The highest BCUT2D eigenvalue weighted by Gasteiger charge is 2.21. The molecule has 0 radical (unpaired) electrons. The number of nitrogens with zero attached hydrogens (tertiary/aromatic N) is 2. The van der Waals surface area contributed by atoms with E-state index >= 15 is 0 Å². The first-order valence-electron chi connectivity index (χ1n) is 10.1. The van der Waals surface area contributed by atoms with Crippen LogP contribution in [0.5, 0.6) is 5.75 Å². The molecule has 2 heterocycles. The summed E-state index contributed by atoms with van der Waals surface area (Å²) in [6.07, 6.45) is 3.57. The van der Waals surface area contributed by atoms with Gasteiger partial charge in [-0.25, -0.2) is 4.98 Å². The van der Waals surface area contributed by atoms with Gasteiger partial charge < -0.3 is 14.1 Å². The lowest BCUT2D eigenvalue weighted by Gasteiger charge is -2.20. The highest BCUT2D eigenvalue weighted by atomic mass is 16.5. The van der Waals surface area contributed by atoms with Gasteiger partial charge in [0.05, 0.1) is 12.8 Å². The van der Waals surface area contributed by atoms with Crippen molar-refractivity contribution in [2.75, 3.05) is 20.2 Å². The molecule has 1 aliphatic rings. The molecule has 146 valence electrons. The van der Waals surface area contributed by atoms with Crippen LogP contribution < -0.4 is 4.74 Å². The van der Waals surface area contributed by atoms with Gasteiger partial charge in [0.25, 0.3) is 0 Å². The Balaban J connectivity index is 1.46. The van der Waals surface area contributed by atoms with E-state index in [9.17, 15) is 0 Å². The van der Waals surface area contributed by atoms with Gasteiger partial charge in [0.2, 0.25) is 5.89 Å². The fourth-order valence-corrected chi connectivity index (χ4v) is 3.95. The van der Waals surface area contributed by atoms with Crippen LogP contribution in [0.3, 0.4) is 0 Å². The molecule has 4 rings (SSSR count). The first kappa shape index (κ1) is 18.8. The molecule has 2 aromatic carbocycles. The van der Waals surface area contributed by atoms with E-state index in [0.29, 0.717) is 11.9 Å². The molecule has 0 amide bonds. The van der Waals surface area contributed by atoms with E-state index in [1.54, 1.807) is 7.11 Å². The average Bonchev–Trinajstić information content (AvgIpc) is 3.31. The molecule has 0 bridgehead atoms. The lowest BCUT2D eigenvalue weighted by Crippen LogP contribution is -2.29. The van der Waals surface area contributed by atoms with Gasteiger partial charge in [-0.3, -0.25) is 0 Å². The van der Waals surface area contributed by atoms with Crippen molar-refractivity contribution in [3.63, 3.8) is 0 Å². The van der Waals surface area contributed by atoms with Crippen molar-refractivity contribution in [2.24, 2.45) is 0 Å². The number of aromatic nitrogens is 1. The maximum atomic E-state index is 5.97. The smallest absolute Gasteiger partial charge is 0.226 e. The number of rotatable bonds is 6. The minimum absolute atomic E-state index is 0.692. The van der Waals surface area contributed by atoms with Gasteiger partial charge in [0, 0.05) is 24.6 Å². The molecular formula is C24H28N2O2. The van der Waals surface area contributed by atoms with Gasteiger partial charge in [0.1, 0.15) is 11.5 Å². The monoisotopic (exact) mass is 376 g/mol. The molecule has 0 N–H and O–H groups in total. The largest absolute Gasteiger partial charge is 0.497 e. The summed E-state index contributed by atoms with van der Waals surface area (Å²) in [4.78, 5) is 7.33. The molecule has 3 aromatic rings. The zero-order chi connectivity index (χ0) is 19.5. The molecular weight excluding hydrogens is 348 g/mol. The van der Waals surface area contributed by atoms with Crippen LogP contribution in [-0.4, -0.2) is 36.1 Å². The van der Waals surface area contributed by atoms with Gasteiger partial charge in [-0.1, -0.05) is 24.3 Å². The number of benzene rings is 2. The van der Waals surface area contributed by atoms with Gasteiger partial charge in [-0.05, 0) is 68.6 Å². The Kier molecular flexibility index (Phi) is 5.49. The van der Waals surface area contributed by atoms with E-state index in [1.807, 2.05) is 19.1 Å². The van der Waals surface area contributed by atoms with E-state index in [2.05, 4.69) is 48.2 Å². The molecule has 0 aliphatic carbocycles. The second kappa shape index (κ2) is 8.19. The number of hydrogen-bond donors (Lipinski definition) is 0. The van der Waals surface area contributed by atoms with E-state index in [0.717, 1.165) is 46.9 Å². The van der Waals surface area contributed by atoms with Crippen LogP contribution in [0.2, 0.25) is 0 Å². The molecule has 1 aliphatic heterocycles. The van der Waals surface area contributed by atoms with Crippen LogP contribution in [-0.2, 0) is 6.42 Å². The zero-order valence-corrected chi connectivity index (χ0v) is 16.9. The van der Waals surface area contributed by atoms with E-state index in [-0.39, 0.29) is 0 Å². The second-order valence-electron chi connectivity index (χ2n) is 7.60. The first-order valence-corrected chi connectivity index (χ1v) is 10.1. The first-order chi connectivity index (χ1) is 13.6. The average molecular weight is 376 g/mol. The lowest BCUT2D eigenvalue weighted by atomic mass is 10.0. The van der Waals surface area contributed by atoms with Gasteiger partial charge >= 0.3 is 0 Å². The minimum atomic E-state index is 0.692. The van der Waals surface area contributed by atoms with E-state index in [4.69, 9.17) is 14.1 Å². The minimum Gasteiger partial charge on any atom is -0.497 e. The number of ether oxygens (including phenoxy) is 1. The number of methoxy groups -OCH3 is 1. The summed E-state index contributed by atoms with van der Waals surface area (Å²) in [5, 5.41) is 0. The fraction of sp³-hybridized carbons (Fsp3) is 0.375. The number of likely N-dealkylation sites (tertiary alicyclic amines) is 1. The normalized spacial score (nSPS) is 17.2. The van der Waals surface area contributed by atoms with Crippen LogP contribution >= 0.6 is 0 Å². The van der Waals surface area contributed by atoms with E-state index in [1.165, 1.54) is 19.4 Å². The summed E-state index contributed by atoms with van der Waals surface area (Å²) in [5.41, 5.74) is 4.42. The molecule has 1 fully saturated rings. The molecule has 4 heteroatoms. The molecule has 1 atom stereocenters. The standard InChI is InChI=1S/C24H28N2O2/c1-17-5-4-15-26(17)16-14-23-18(2)28-24(25-23)21-8-6-19(7-9-21)20-10-12-22(27-3)13-11-20/h6-13,17H,4-5,14-16H2,1-3H3/t17-/m1/s1. The SMILES string of the molecule is COc1ccc(-c2ccc(-c3nc(CCN4CCC[C@H]4C)c(C)o3)cc2)cc1. The van der Waals surface area contributed by atoms with Crippen LogP contribution in [0.1, 0.15) is 31.2 Å². The highest BCUT2D eigenvalue weighted by Crippen LogP contribution is 2.27. The van der Waals surface area contributed by atoms with Crippen molar-refractivity contribution in [2.45, 2.75) is 39.2 Å². The molecule has 0 spiro atoms. The molecule has 0 unspecified atom stereocenters. The number of oxazole rings is 1. The zero-order valence-electron chi connectivity index (χ0n) is 16.9. The third kappa shape index (κ3) is 3.97. The molecule has 0 saturated carbocycles. The quantitative estimate of drug-likeness (QED) is 0.581. The van der Waals surface area contributed by atoms with Gasteiger partial charge in [-0.2, -0.15) is 0 Å². The third-order valence-corrected chi connectivity index (χ3v) is 5.77. The predicted octanol–water partition coefficient (Wildman–Crippen LogP) is 5.35. The van der Waals surface area contributed by atoms with Crippen molar-refractivity contribution in [3.8, 4) is 28.3 Å². The lowest BCUT2D eigenvalue weighted by molar-refractivity contribution is 0.271. The van der Waals surface area contributed by atoms with Crippen molar-refractivity contribution in [1.82, 2.24) is 9.88 Å². The maximum absolute atomic E-state index is 5.97. The van der Waals surface area contributed by atoms with E-state index < -0.39 is 0 Å². The Morgan fingerprint density at radius 2 is 1.68 bits per heavy atom. The Morgan fingerprint density at radius 3 is 2.29 bits per heavy atom. The third-order valence-electron chi connectivity index (χ3n) is 5.77. The Labute approximate surface area is 167 Å². The Bertz CT molecular complexity index is 913. The van der Waals surface area contributed by atoms with Crippen molar-refractivity contribution >= 4 is 0 Å². The van der Waals surface area contributed by atoms with Crippen LogP contribution in [0.4, 0.5) is 0 Å². The van der Waals surface area contributed by atoms with Crippen molar-refractivity contribution < 1.29 is 9.15 Å². The van der Waals surface area contributed by atoms with Crippen LogP contribution in [0, 0.1) is 6.92 Å². The van der Waals surface area contributed by atoms with Crippen molar-refractivity contribution in [3.05, 3.63) is 60.0 Å². The Morgan fingerprint density at radius 1 is 1.04 bits per heavy atom. The molecule has 1 aromatic heterocycles. The summed E-state index contributed by atoms with van der Waals surface area (Å²) in [7, 11) is 1.68. The Hall–Kier alpha value is -2.59. The summed E-state index contributed by atoms with van der Waals surface area (Å²) in [6, 6.07) is 17.2. The van der Waals surface area contributed by atoms with Gasteiger partial charge in [-0.15, -0.1) is 0 Å². The summed E-state index contributed by atoms with van der Waals surface area (Å²) >= 11 is 0. The summed E-state index contributed by atoms with van der Waals surface area (Å²) < 4.78 is 11.2. The molecule has 1 saturated heterocycles. The number of hydrogen-bond acceptors (Lipinski definition) is 4. The summed E-state index contributed by atoms with van der Waals surface area (Å²) in [5.74, 6) is 2.51. The topological polar surface area (TPSA) is 38.5 Å². The molecule has 4 nitrogen and oxygen atoms in total. The maximum Gasteiger partial charge on any atom is 0.226 e. The predicted molar refractivity (Wildman–Crippen MR) is 113 cm³/mol. The molecule has 28 heavy (non-hydrogen) atoms. The summed E-state index contributed by atoms with van der Waals surface area (Å²) in [6.45, 7) is 6.60. The number of aryl methyl sites for hydroxylation is 1. The second-order valence-corrected chi connectivity index (χ2v) is 7.60. The van der Waals surface area contributed by atoms with Crippen molar-refractivity contribution in [1.29, 1.82) is 0 Å². The van der Waals surface area contributed by atoms with Crippen LogP contribution in [0.25, 0.3) is 22.6 Å².